The van der Waals surface area contributed by atoms with Crippen LogP contribution < -0.4 is 0 Å². The molecule has 2 aromatic carbocycles. The van der Waals surface area contributed by atoms with Crippen molar-refractivity contribution in [2.24, 2.45) is 0 Å². The summed E-state index contributed by atoms with van der Waals surface area (Å²) >= 11 is 0. The highest BCUT2D eigenvalue weighted by Crippen LogP contribution is 2.40. The van der Waals surface area contributed by atoms with Crippen LogP contribution in [0.25, 0.3) is 0 Å². The lowest BCUT2D eigenvalue weighted by Crippen LogP contribution is -2.61. The van der Waals surface area contributed by atoms with Crippen LogP contribution in [0.1, 0.15) is 63.5 Å². The van der Waals surface area contributed by atoms with Crippen molar-refractivity contribution in [2.75, 3.05) is 39.5 Å². The molecule has 3 heterocycles. The average Bonchev–Trinajstić information content (AvgIpc) is 3.00. The van der Waals surface area contributed by atoms with Gasteiger partial charge in [-0.15, -0.1) is 0 Å². The van der Waals surface area contributed by atoms with Gasteiger partial charge in [0.05, 0.1) is 24.2 Å². The number of piperazine rings is 1. The third-order valence-corrected chi connectivity index (χ3v) is 9.45. The first-order valence-corrected chi connectivity index (χ1v) is 14.6. The monoisotopic (exact) mass is 544 g/mol. The lowest BCUT2D eigenvalue weighted by Gasteiger charge is -2.45. The summed E-state index contributed by atoms with van der Waals surface area (Å²) in [5, 5.41) is 0. The Morgan fingerprint density at radius 3 is 1.25 bits per heavy atom. The molecule has 0 radical (unpaired) electrons. The molecule has 2 atom stereocenters. The molecule has 0 N–H and O–H groups in total. The maximum Gasteiger partial charge on any atom is 0.240 e. The van der Waals surface area contributed by atoms with Crippen molar-refractivity contribution < 1.29 is 19.2 Å². The third-order valence-electron chi connectivity index (χ3n) is 9.45. The maximum absolute atomic E-state index is 13.8. The molecule has 2 unspecified atom stereocenters. The summed E-state index contributed by atoms with van der Waals surface area (Å²) in [7, 11) is 0. The fraction of sp³-hybridized carbons (Fsp3) is 0.500. The van der Waals surface area contributed by atoms with Gasteiger partial charge in [-0.05, 0) is 36.8 Å². The first-order valence-electron chi connectivity index (χ1n) is 14.6. The Hall–Kier alpha value is -3.36. The van der Waals surface area contributed by atoms with Gasteiger partial charge >= 0.3 is 0 Å². The van der Waals surface area contributed by atoms with E-state index >= 15 is 0 Å². The topological polar surface area (TPSA) is 81.2 Å². The molecule has 0 spiro atoms. The Morgan fingerprint density at radius 1 is 0.575 bits per heavy atom. The molecule has 3 fully saturated rings. The summed E-state index contributed by atoms with van der Waals surface area (Å²) in [6.45, 7) is 7.18. The van der Waals surface area contributed by atoms with Crippen LogP contribution in [0.15, 0.2) is 60.7 Å². The van der Waals surface area contributed by atoms with E-state index in [0.29, 0.717) is 64.7 Å². The zero-order chi connectivity index (χ0) is 28.3. The molecule has 8 nitrogen and oxygen atoms in total. The lowest BCUT2D eigenvalue weighted by atomic mass is 9.71. The van der Waals surface area contributed by atoms with Crippen LogP contribution in [0.5, 0.6) is 0 Å². The Bertz CT molecular complexity index is 1150. The van der Waals surface area contributed by atoms with Crippen LogP contribution >= 0.6 is 0 Å². The summed E-state index contributed by atoms with van der Waals surface area (Å²) in [5.74, 6) is -0.454. The predicted molar refractivity (Wildman–Crippen MR) is 152 cm³/mol. The number of amides is 4. The molecule has 0 aromatic heterocycles. The van der Waals surface area contributed by atoms with Crippen molar-refractivity contribution in [3.05, 3.63) is 71.8 Å². The highest BCUT2D eigenvalue weighted by Gasteiger charge is 2.49. The van der Waals surface area contributed by atoms with Gasteiger partial charge in [0.1, 0.15) is 0 Å². The maximum atomic E-state index is 13.8. The van der Waals surface area contributed by atoms with E-state index in [1.807, 2.05) is 74.5 Å². The zero-order valence-electron chi connectivity index (χ0n) is 23.7. The van der Waals surface area contributed by atoms with Gasteiger partial charge in [0.25, 0.3) is 0 Å². The molecule has 5 rings (SSSR count). The molecule has 40 heavy (non-hydrogen) atoms. The molecule has 3 aliphatic rings. The molecule has 3 saturated heterocycles. The van der Waals surface area contributed by atoms with Crippen LogP contribution in [0, 0.1) is 0 Å². The number of likely N-dealkylation sites (tertiary alicyclic amines) is 2. The van der Waals surface area contributed by atoms with Crippen molar-refractivity contribution in [1.29, 1.82) is 0 Å². The van der Waals surface area contributed by atoms with E-state index in [0.717, 1.165) is 11.1 Å². The fourth-order valence-corrected chi connectivity index (χ4v) is 6.74. The van der Waals surface area contributed by atoms with Crippen molar-refractivity contribution in [2.45, 2.75) is 63.2 Å². The summed E-state index contributed by atoms with van der Waals surface area (Å²) in [5.41, 5.74) is 0.603. The van der Waals surface area contributed by atoms with Gasteiger partial charge in [0.15, 0.2) is 0 Å². The number of hydrogen-bond donors (Lipinski definition) is 0. The smallest absolute Gasteiger partial charge is 0.240 e. The van der Waals surface area contributed by atoms with Gasteiger partial charge in [-0.3, -0.25) is 38.8 Å². The van der Waals surface area contributed by atoms with Gasteiger partial charge in [0.2, 0.25) is 23.6 Å². The van der Waals surface area contributed by atoms with Crippen molar-refractivity contribution in [3.63, 3.8) is 0 Å². The SMILES string of the molecule is CCC1(c2ccccc2)CCC(=O)N(CN2CCN(CN3C(=O)CCC(CC)(c4ccccc4)C3=O)CC2)C1=O. The van der Waals surface area contributed by atoms with Crippen LogP contribution in [0.4, 0.5) is 0 Å². The molecule has 4 amide bonds. The van der Waals surface area contributed by atoms with E-state index in [4.69, 9.17) is 0 Å². The number of hydrogen-bond acceptors (Lipinski definition) is 6. The Morgan fingerprint density at radius 2 is 0.925 bits per heavy atom. The Labute approximate surface area is 236 Å². The molecule has 8 heteroatoms. The van der Waals surface area contributed by atoms with Crippen LogP contribution in [0.2, 0.25) is 0 Å². The summed E-state index contributed by atoms with van der Waals surface area (Å²) in [4.78, 5) is 60.5. The Balaban J connectivity index is 1.22. The molecule has 212 valence electrons. The van der Waals surface area contributed by atoms with E-state index < -0.39 is 10.8 Å². The number of benzene rings is 2. The highest BCUT2D eigenvalue weighted by molar-refractivity contribution is 6.04. The quantitative estimate of drug-likeness (QED) is 0.473. The largest absolute Gasteiger partial charge is 0.283 e. The molecule has 2 aromatic rings. The average molecular weight is 545 g/mol. The first-order chi connectivity index (χ1) is 19.3. The van der Waals surface area contributed by atoms with Gasteiger partial charge < -0.3 is 0 Å². The summed E-state index contributed by atoms with van der Waals surface area (Å²) in [6.07, 6.45) is 3.08. The molecule has 0 bridgehead atoms. The predicted octanol–water partition coefficient (Wildman–Crippen LogP) is 3.51. The second kappa shape index (κ2) is 11.6. The van der Waals surface area contributed by atoms with E-state index in [1.54, 1.807) is 0 Å². The molecule has 0 aliphatic carbocycles. The number of carbonyl (C=O) groups is 4. The van der Waals surface area contributed by atoms with Gasteiger partial charge in [-0.2, -0.15) is 0 Å². The van der Waals surface area contributed by atoms with E-state index in [2.05, 4.69) is 9.80 Å². The second-order valence-corrected chi connectivity index (χ2v) is 11.4. The standard InChI is InChI=1S/C32H40N4O4/c1-3-31(25-11-7-5-8-12-25)17-15-27(37)35(29(31)39)23-33-19-21-34(22-20-33)24-36-28(38)16-18-32(4-2,30(36)40)26-13-9-6-10-14-26/h5-14H,3-4,15-24H2,1-2H3. The van der Waals surface area contributed by atoms with Crippen molar-refractivity contribution in [3.8, 4) is 0 Å². The van der Waals surface area contributed by atoms with Crippen LogP contribution in [0.3, 0.4) is 0 Å². The van der Waals surface area contributed by atoms with Crippen molar-refractivity contribution >= 4 is 23.6 Å². The van der Waals surface area contributed by atoms with Gasteiger partial charge in [-0.25, -0.2) is 0 Å². The molecular weight excluding hydrogens is 504 g/mol. The van der Waals surface area contributed by atoms with Crippen molar-refractivity contribution in [1.82, 2.24) is 19.6 Å². The second-order valence-electron chi connectivity index (χ2n) is 11.4. The minimum absolute atomic E-state index is 0.110. The molecule has 3 aliphatic heterocycles. The summed E-state index contributed by atoms with van der Waals surface area (Å²) < 4.78 is 0. The number of rotatable bonds is 8. The van der Waals surface area contributed by atoms with Crippen LogP contribution in [-0.4, -0.2) is 82.7 Å². The number of nitrogens with zero attached hydrogens (tertiary/aromatic N) is 4. The van der Waals surface area contributed by atoms with E-state index in [-0.39, 0.29) is 37.0 Å². The van der Waals surface area contributed by atoms with E-state index in [9.17, 15) is 19.2 Å². The van der Waals surface area contributed by atoms with Crippen LogP contribution in [-0.2, 0) is 30.0 Å². The fourth-order valence-electron chi connectivity index (χ4n) is 6.74. The van der Waals surface area contributed by atoms with Gasteiger partial charge in [0, 0.05) is 39.0 Å². The minimum Gasteiger partial charge on any atom is -0.283 e. The van der Waals surface area contributed by atoms with E-state index in [1.165, 1.54) is 9.80 Å². The number of carbonyl (C=O) groups excluding carboxylic acids is 4. The normalized spacial score (nSPS) is 26.9. The Kier molecular flexibility index (Phi) is 8.19. The third kappa shape index (κ3) is 4.99. The number of piperidine rings is 2. The molecular formula is C32H40N4O4. The summed E-state index contributed by atoms with van der Waals surface area (Å²) in [6, 6.07) is 19.6. The molecule has 0 saturated carbocycles. The lowest BCUT2D eigenvalue weighted by molar-refractivity contribution is -0.160. The highest BCUT2D eigenvalue weighted by atomic mass is 16.2. The number of imide groups is 2. The first kappa shape index (κ1) is 28.2. The minimum atomic E-state index is -0.670. The zero-order valence-corrected chi connectivity index (χ0v) is 23.7. The van der Waals surface area contributed by atoms with Gasteiger partial charge in [-0.1, -0.05) is 74.5 Å².